The van der Waals surface area contributed by atoms with Crippen molar-refractivity contribution < 1.29 is 18.3 Å². The molecule has 0 spiro atoms. The van der Waals surface area contributed by atoms with Gasteiger partial charge in [-0.2, -0.15) is 18.2 Å². The Labute approximate surface area is 140 Å². The van der Waals surface area contributed by atoms with Crippen molar-refractivity contribution in [1.29, 1.82) is 0 Å². The Morgan fingerprint density at radius 2 is 2.04 bits per heavy atom. The standard InChI is InChI=1S/C14H18F3N5OS/c1-18-13-21-11(20-7-2-4-19-5-3-7)8-6-9(24-12(8)22-13)10(23)14(15,16)17/h6-7,10,19,23H,2-5H2,1H3,(H2,18,20,21,22). The molecule has 1 aliphatic rings. The Kier molecular flexibility index (Phi) is 4.79. The van der Waals surface area contributed by atoms with Crippen LogP contribution in [0.15, 0.2) is 6.07 Å². The van der Waals surface area contributed by atoms with Gasteiger partial charge in [0.2, 0.25) is 5.95 Å². The molecule has 132 valence electrons. The van der Waals surface area contributed by atoms with E-state index in [4.69, 9.17) is 0 Å². The minimum absolute atomic E-state index is 0.187. The predicted octanol–water partition coefficient (Wildman–Crippen LogP) is 2.49. The van der Waals surface area contributed by atoms with E-state index in [9.17, 15) is 18.3 Å². The zero-order valence-electron chi connectivity index (χ0n) is 12.9. The number of alkyl halides is 3. The van der Waals surface area contributed by atoms with Gasteiger partial charge >= 0.3 is 6.18 Å². The zero-order valence-corrected chi connectivity index (χ0v) is 13.8. The molecular weight excluding hydrogens is 343 g/mol. The quantitative estimate of drug-likeness (QED) is 0.670. The maximum absolute atomic E-state index is 12.8. The first-order valence-corrected chi connectivity index (χ1v) is 8.41. The Bertz CT molecular complexity index is 714. The van der Waals surface area contributed by atoms with E-state index in [-0.39, 0.29) is 10.9 Å². The van der Waals surface area contributed by atoms with Crippen LogP contribution in [0.25, 0.3) is 10.2 Å². The topological polar surface area (TPSA) is 82.1 Å². The molecule has 0 aliphatic carbocycles. The predicted molar refractivity (Wildman–Crippen MR) is 87.5 cm³/mol. The van der Waals surface area contributed by atoms with Crippen LogP contribution < -0.4 is 16.0 Å². The number of fused-ring (bicyclic) bond motifs is 1. The lowest BCUT2D eigenvalue weighted by atomic mass is 10.1. The third-order valence-electron chi connectivity index (χ3n) is 3.89. The molecule has 1 saturated heterocycles. The highest BCUT2D eigenvalue weighted by Crippen LogP contribution is 2.40. The summed E-state index contributed by atoms with van der Waals surface area (Å²) in [5, 5.41) is 19.4. The molecule has 10 heteroatoms. The van der Waals surface area contributed by atoms with E-state index in [1.165, 1.54) is 6.07 Å². The first-order chi connectivity index (χ1) is 11.4. The van der Waals surface area contributed by atoms with E-state index in [0.717, 1.165) is 37.3 Å². The van der Waals surface area contributed by atoms with E-state index in [1.807, 2.05) is 0 Å². The molecule has 6 nitrogen and oxygen atoms in total. The summed E-state index contributed by atoms with van der Waals surface area (Å²) in [5.41, 5.74) is 0. The summed E-state index contributed by atoms with van der Waals surface area (Å²) in [6, 6.07) is 1.52. The summed E-state index contributed by atoms with van der Waals surface area (Å²) in [6.07, 6.45) is -5.41. The average molecular weight is 361 g/mol. The van der Waals surface area contributed by atoms with Crippen LogP contribution in [-0.4, -0.2) is 47.4 Å². The first kappa shape index (κ1) is 17.2. The second kappa shape index (κ2) is 6.69. The molecule has 0 saturated carbocycles. The van der Waals surface area contributed by atoms with Crippen LogP contribution in [0.3, 0.4) is 0 Å². The van der Waals surface area contributed by atoms with Crippen molar-refractivity contribution in [1.82, 2.24) is 15.3 Å². The van der Waals surface area contributed by atoms with Crippen molar-refractivity contribution in [3.8, 4) is 0 Å². The normalized spacial score (nSPS) is 17.9. The highest BCUT2D eigenvalue weighted by Gasteiger charge is 2.40. The van der Waals surface area contributed by atoms with Gasteiger partial charge < -0.3 is 21.1 Å². The number of aliphatic hydroxyl groups is 1. The summed E-state index contributed by atoms with van der Waals surface area (Å²) in [4.78, 5) is 8.76. The van der Waals surface area contributed by atoms with Crippen molar-refractivity contribution in [3.05, 3.63) is 10.9 Å². The minimum Gasteiger partial charge on any atom is -0.379 e. The van der Waals surface area contributed by atoms with Gasteiger partial charge in [-0.05, 0) is 32.0 Å². The Hall–Kier alpha value is -1.65. The Morgan fingerprint density at radius 1 is 1.33 bits per heavy atom. The summed E-state index contributed by atoms with van der Waals surface area (Å²) in [7, 11) is 1.65. The van der Waals surface area contributed by atoms with E-state index in [2.05, 4.69) is 25.9 Å². The Balaban J connectivity index is 1.98. The molecule has 1 aliphatic heterocycles. The zero-order chi connectivity index (χ0) is 17.3. The highest BCUT2D eigenvalue weighted by atomic mass is 32.1. The van der Waals surface area contributed by atoms with Crippen LogP contribution in [-0.2, 0) is 0 Å². The van der Waals surface area contributed by atoms with E-state index >= 15 is 0 Å². The molecule has 3 heterocycles. The van der Waals surface area contributed by atoms with Gasteiger partial charge in [-0.25, -0.2) is 4.98 Å². The number of rotatable bonds is 4. The van der Waals surface area contributed by atoms with Gasteiger partial charge in [0.1, 0.15) is 10.6 Å². The molecule has 0 amide bonds. The maximum atomic E-state index is 12.8. The Morgan fingerprint density at radius 3 is 2.67 bits per heavy atom. The third-order valence-corrected chi connectivity index (χ3v) is 4.98. The number of thiophene rings is 1. The van der Waals surface area contributed by atoms with Crippen LogP contribution in [0.4, 0.5) is 24.9 Å². The van der Waals surface area contributed by atoms with E-state index in [1.54, 1.807) is 7.05 Å². The van der Waals surface area contributed by atoms with Crippen molar-refractivity contribution in [2.75, 3.05) is 30.8 Å². The molecule has 4 N–H and O–H groups in total. The summed E-state index contributed by atoms with van der Waals surface area (Å²) in [5.74, 6) is 0.821. The number of aromatic nitrogens is 2. The molecule has 0 bridgehead atoms. The largest absolute Gasteiger partial charge is 0.419 e. The maximum Gasteiger partial charge on any atom is 0.419 e. The number of halogens is 3. The number of piperidine rings is 1. The van der Waals surface area contributed by atoms with Gasteiger partial charge in [0, 0.05) is 18.0 Å². The van der Waals surface area contributed by atoms with Gasteiger partial charge in [-0.15, -0.1) is 11.3 Å². The molecule has 3 rings (SSSR count). The van der Waals surface area contributed by atoms with Gasteiger partial charge in [0.25, 0.3) is 0 Å². The third kappa shape index (κ3) is 3.55. The smallest absolute Gasteiger partial charge is 0.379 e. The molecule has 0 aromatic carbocycles. The lowest BCUT2D eigenvalue weighted by molar-refractivity contribution is -0.205. The molecule has 2 aromatic heterocycles. The molecule has 24 heavy (non-hydrogen) atoms. The number of nitrogens with zero attached hydrogens (tertiary/aromatic N) is 2. The fourth-order valence-corrected chi connectivity index (χ4v) is 3.66. The SMILES string of the molecule is CNc1nc(NC2CCNCC2)c2cc(C(O)C(F)(F)F)sc2n1. The van der Waals surface area contributed by atoms with Crippen molar-refractivity contribution in [2.24, 2.45) is 0 Å². The van der Waals surface area contributed by atoms with Crippen molar-refractivity contribution in [2.45, 2.75) is 31.2 Å². The van der Waals surface area contributed by atoms with Gasteiger partial charge in [-0.1, -0.05) is 0 Å². The van der Waals surface area contributed by atoms with Gasteiger partial charge in [0.05, 0.1) is 5.39 Å². The lowest BCUT2D eigenvalue weighted by Crippen LogP contribution is -2.35. The van der Waals surface area contributed by atoms with Crippen LogP contribution >= 0.6 is 11.3 Å². The van der Waals surface area contributed by atoms with Gasteiger partial charge in [0.15, 0.2) is 6.10 Å². The van der Waals surface area contributed by atoms with Crippen molar-refractivity contribution in [3.63, 3.8) is 0 Å². The number of aliphatic hydroxyl groups excluding tert-OH is 1. The van der Waals surface area contributed by atoms with Crippen LogP contribution in [0.5, 0.6) is 0 Å². The summed E-state index contributed by atoms with van der Waals surface area (Å²) >= 11 is 0.825. The lowest BCUT2D eigenvalue weighted by Gasteiger charge is -2.24. The molecule has 1 unspecified atom stereocenters. The van der Waals surface area contributed by atoms with Crippen LogP contribution in [0.1, 0.15) is 23.8 Å². The molecular formula is C14H18F3N5OS. The first-order valence-electron chi connectivity index (χ1n) is 7.59. The van der Waals surface area contributed by atoms with E-state index < -0.39 is 12.3 Å². The van der Waals surface area contributed by atoms with E-state index in [0.29, 0.717) is 22.0 Å². The second-order valence-electron chi connectivity index (χ2n) is 5.63. The monoisotopic (exact) mass is 361 g/mol. The number of nitrogens with one attached hydrogen (secondary N) is 3. The summed E-state index contributed by atoms with van der Waals surface area (Å²) in [6.45, 7) is 1.76. The summed E-state index contributed by atoms with van der Waals surface area (Å²) < 4.78 is 38.3. The van der Waals surface area contributed by atoms with Gasteiger partial charge in [-0.3, -0.25) is 0 Å². The number of anilines is 2. The molecule has 0 radical (unpaired) electrons. The molecule has 1 atom stereocenters. The molecule has 1 fully saturated rings. The van der Waals surface area contributed by atoms with Crippen molar-refractivity contribution >= 4 is 33.3 Å². The fraction of sp³-hybridized carbons (Fsp3) is 0.571. The van der Waals surface area contributed by atoms with Crippen LogP contribution in [0.2, 0.25) is 0 Å². The average Bonchev–Trinajstić information content (AvgIpc) is 2.98. The number of hydrogen-bond donors (Lipinski definition) is 4. The molecule has 2 aromatic rings. The minimum atomic E-state index is -4.71. The fourth-order valence-electron chi connectivity index (χ4n) is 2.62. The van der Waals surface area contributed by atoms with Crippen LogP contribution in [0, 0.1) is 0 Å². The second-order valence-corrected chi connectivity index (χ2v) is 6.69. The number of hydrogen-bond acceptors (Lipinski definition) is 7. The highest BCUT2D eigenvalue weighted by molar-refractivity contribution is 7.18.